The highest BCUT2D eigenvalue weighted by Gasteiger charge is 1.96. The minimum Gasteiger partial charge on any atom is -0.215 e. The van der Waals surface area contributed by atoms with E-state index >= 15 is 0 Å². The van der Waals surface area contributed by atoms with Crippen LogP contribution < -0.4 is 0 Å². The van der Waals surface area contributed by atoms with Gasteiger partial charge in [0.2, 0.25) is 0 Å². The zero-order valence-corrected chi connectivity index (χ0v) is 6.99. The summed E-state index contributed by atoms with van der Waals surface area (Å²) in [6, 6.07) is 0. The van der Waals surface area contributed by atoms with Crippen LogP contribution in [-0.4, -0.2) is 0 Å². The van der Waals surface area contributed by atoms with Crippen LogP contribution in [0.1, 0.15) is 20.8 Å². The molecule has 0 aromatic rings. The van der Waals surface area contributed by atoms with Gasteiger partial charge in [-0.25, -0.2) is 8.78 Å². The summed E-state index contributed by atoms with van der Waals surface area (Å²) in [7, 11) is 0. The third kappa shape index (κ3) is 3.71. The van der Waals surface area contributed by atoms with Crippen molar-refractivity contribution in [1.29, 1.82) is 0 Å². The standard InChI is InChI=1S/C9H12F2/c1-4-7(2)5-9(11)8(3)6-10/h4-6H,1-3H3/b7-4-,8-6+,9-5+. The Labute approximate surface area is 65.9 Å². The van der Waals surface area contributed by atoms with Crippen molar-refractivity contribution in [3.05, 3.63) is 35.5 Å². The number of hydrogen-bond donors (Lipinski definition) is 0. The quantitative estimate of drug-likeness (QED) is 0.538. The van der Waals surface area contributed by atoms with Crippen LogP contribution in [0.2, 0.25) is 0 Å². The molecule has 62 valence electrons. The van der Waals surface area contributed by atoms with Gasteiger partial charge in [0.15, 0.2) is 0 Å². The van der Waals surface area contributed by atoms with Gasteiger partial charge in [0, 0.05) is 5.57 Å². The van der Waals surface area contributed by atoms with E-state index in [4.69, 9.17) is 0 Å². The molecule has 2 heteroatoms. The Morgan fingerprint density at radius 1 is 1.27 bits per heavy atom. The first-order valence-corrected chi connectivity index (χ1v) is 3.39. The van der Waals surface area contributed by atoms with Crippen LogP contribution in [0.5, 0.6) is 0 Å². The third-order valence-electron chi connectivity index (χ3n) is 1.35. The van der Waals surface area contributed by atoms with E-state index in [0.29, 0.717) is 0 Å². The fourth-order valence-electron chi connectivity index (χ4n) is 0.449. The molecular formula is C9H12F2. The van der Waals surface area contributed by atoms with Crippen LogP contribution in [-0.2, 0) is 0 Å². The first kappa shape index (κ1) is 10.1. The van der Waals surface area contributed by atoms with Crippen LogP contribution in [0.4, 0.5) is 8.78 Å². The lowest BCUT2D eigenvalue weighted by Crippen LogP contribution is -1.77. The van der Waals surface area contributed by atoms with Gasteiger partial charge < -0.3 is 0 Å². The molecule has 0 nitrogen and oxygen atoms in total. The molecule has 0 amide bonds. The molecule has 0 aliphatic rings. The van der Waals surface area contributed by atoms with Gasteiger partial charge in [-0.3, -0.25) is 0 Å². The molecule has 0 aromatic carbocycles. The van der Waals surface area contributed by atoms with Crippen molar-refractivity contribution in [2.75, 3.05) is 0 Å². The van der Waals surface area contributed by atoms with E-state index in [1.54, 1.807) is 19.9 Å². The lowest BCUT2D eigenvalue weighted by molar-refractivity contribution is 0.631. The summed E-state index contributed by atoms with van der Waals surface area (Å²) >= 11 is 0. The first-order valence-electron chi connectivity index (χ1n) is 3.39. The first-order chi connectivity index (χ1) is 5.11. The summed E-state index contributed by atoms with van der Waals surface area (Å²) in [5, 5.41) is 0. The molecule has 0 aliphatic carbocycles. The zero-order chi connectivity index (χ0) is 8.85. The Hall–Kier alpha value is -0.920. The predicted molar refractivity (Wildman–Crippen MR) is 43.5 cm³/mol. The van der Waals surface area contributed by atoms with Crippen molar-refractivity contribution in [3.63, 3.8) is 0 Å². The van der Waals surface area contributed by atoms with Crippen molar-refractivity contribution >= 4 is 0 Å². The lowest BCUT2D eigenvalue weighted by Gasteiger charge is -1.94. The summed E-state index contributed by atoms with van der Waals surface area (Å²) in [5.74, 6) is -0.525. The Bertz CT molecular complexity index is 210. The maximum atomic E-state index is 12.7. The second-order valence-electron chi connectivity index (χ2n) is 2.32. The second-order valence-corrected chi connectivity index (χ2v) is 2.32. The van der Waals surface area contributed by atoms with Gasteiger partial charge in [-0.15, -0.1) is 0 Å². The average Bonchev–Trinajstić information content (AvgIpc) is 2.02. The highest BCUT2D eigenvalue weighted by Crippen LogP contribution is 2.13. The van der Waals surface area contributed by atoms with Gasteiger partial charge in [0.05, 0.1) is 6.33 Å². The molecule has 0 atom stereocenters. The van der Waals surface area contributed by atoms with Crippen molar-refractivity contribution in [3.8, 4) is 0 Å². The van der Waals surface area contributed by atoms with Gasteiger partial charge >= 0.3 is 0 Å². The molecule has 0 aliphatic heterocycles. The van der Waals surface area contributed by atoms with Crippen LogP contribution in [0.25, 0.3) is 0 Å². The Balaban J connectivity index is 4.47. The SMILES string of the molecule is C\C=C(C)/C=C(F)\C(C)=C\F. The predicted octanol–water partition coefficient (Wildman–Crippen LogP) is 3.68. The largest absolute Gasteiger partial charge is 0.215 e. The van der Waals surface area contributed by atoms with Gasteiger partial charge in [-0.05, 0) is 26.8 Å². The molecule has 0 saturated heterocycles. The molecule has 0 aromatic heterocycles. The highest BCUT2D eigenvalue weighted by molar-refractivity contribution is 5.29. The summed E-state index contributed by atoms with van der Waals surface area (Å²) in [5.41, 5.74) is 0.801. The Kier molecular flexibility index (Phi) is 4.42. The molecule has 11 heavy (non-hydrogen) atoms. The maximum absolute atomic E-state index is 12.7. The molecule has 0 unspecified atom stereocenters. The molecule has 0 N–H and O–H groups in total. The number of halogens is 2. The average molecular weight is 158 g/mol. The van der Waals surface area contributed by atoms with E-state index in [2.05, 4.69) is 0 Å². The summed E-state index contributed by atoms with van der Waals surface area (Å²) < 4.78 is 24.5. The fraction of sp³-hybridized carbons (Fsp3) is 0.333. The van der Waals surface area contributed by atoms with Crippen molar-refractivity contribution in [2.45, 2.75) is 20.8 Å². The fourth-order valence-corrected chi connectivity index (χ4v) is 0.449. The van der Waals surface area contributed by atoms with Crippen LogP contribution >= 0.6 is 0 Å². The van der Waals surface area contributed by atoms with Crippen LogP contribution in [0.15, 0.2) is 35.5 Å². The van der Waals surface area contributed by atoms with Crippen molar-refractivity contribution in [1.82, 2.24) is 0 Å². The van der Waals surface area contributed by atoms with E-state index in [1.165, 1.54) is 13.0 Å². The van der Waals surface area contributed by atoms with E-state index in [9.17, 15) is 8.78 Å². The van der Waals surface area contributed by atoms with Gasteiger partial charge in [0.25, 0.3) is 0 Å². The maximum Gasteiger partial charge on any atom is 0.128 e. The van der Waals surface area contributed by atoms with Crippen molar-refractivity contribution in [2.24, 2.45) is 0 Å². The van der Waals surface area contributed by atoms with E-state index in [1.807, 2.05) is 0 Å². The minimum atomic E-state index is -0.525. The lowest BCUT2D eigenvalue weighted by atomic mass is 10.2. The van der Waals surface area contributed by atoms with E-state index in [-0.39, 0.29) is 11.9 Å². The van der Waals surface area contributed by atoms with Crippen LogP contribution in [0, 0.1) is 0 Å². The topological polar surface area (TPSA) is 0 Å². The molecule has 0 spiro atoms. The smallest absolute Gasteiger partial charge is 0.128 e. The Morgan fingerprint density at radius 3 is 2.18 bits per heavy atom. The zero-order valence-electron chi connectivity index (χ0n) is 6.99. The monoisotopic (exact) mass is 158 g/mol. The second kappa shape index (κ2) is 4.83. The number of allylic oxidation sites excluding steroid dienone is 5. The molecule has 0 bridgehead atoms. The normalized spacial score (nSPS) is 15.5. The highest BCUT2D eigenvalue weighted by atomic mass is 19.1. The van der Waals surface area contributed by atoms with Gasteiger partial charge in [-0.1, -0.05) is 11.6 Å². The number of rotatable bonds is 2. The summed E-state index contributed by atoms with van der Waals surface area (Å²) in [6.07, 6.45) is 3.31. The summed E-state index contributed by atoms with van der Waals surface area (Å²) in [6.45, 7) is 4.94. The summed E-state index contributed by atoms with van der Waals surface area (Å²) in [4.78, 5) is 0. The molecule has 0 saturated carbocycles. The molecule has 0 radical (unpaired) electrons. The van der Waals surface area contributed by atoms with E-state index < -0.39 is 5.83 Å². The molecular weight excluding hydrogens is 146 g/mol. The van der Waals surface area contributed by atoms with Crippen molar-refractivity contribution < 1.29 is 8.78 Å². The number of hydrogen-bond acceptors (Lipinski definition) is 0. The molecule has 0 heterocycles. The molecule has 0 rings (SSSR count). The Morgan fingerprint density at radius 2 is 1.82 bits per heavy atom. The third-order valence-corrected chi connectivity index (χ3v) is 1.35. The molecule has 0 fully saturated rings. The van der Waals surface area contributed by atoms with E-state index in [0.717, 1.165) is 5.57 Å². The van der Waals surface area contributed by atoms with Gasteiger partial charge in [-0.2, -0.15) is 0 Å². The minimum absolute atomic E-state index is 0.0196. The van der Waals surface area contributed by atoms with Gasteiger partial charge in [0.1, 0.15) is 5.83 Å². The van der Waals surface area contributed by atoms with Crippen LogP contribution in [0.3, 0.4) is 0 Å².